The Labute approximate surface area is 143 Å². The van der Waals surface area contributed by atoms with Crippen molar-refractivity contribution in [1.29, 1.82) is 0 Å². The van der Waals surface area contributed by atoms with E-state index in [2.05, 4.69) is 38.0 Å². The Kier molecular flexibility index (Phi) is 4.83. The van der Waals surface area contributed by atoms with Gasteiger partial charge in [-0.1, -0.05) is 6.07 Å². The van der Waals surface area contributed by atoms with Gasteiger partial charge in [-0.15, -0.1) is 0 Å². The van der Waals surface area contributed by atoms with Crippen molar-refractivity contribution >= 4 is 0 Å². The summed E-state index contributed by atoms with van der Waals surface area (Å²) in [5.41, 5.74) is 2.50. The number of aromatic nitrogens is 2. The second-order valence-corrected chi connectivity index (χ2v) is 6.77. The minimum Gasteiger partial charge on any atom is -0.372 e. The summed E-state index contributed by atoms with van der Waals surface area (Å²) in [5, 5.41) is 0. The Morgan fingerprint density at radius 2 is 1.92 bits per heavy atom. The highest BCUT2D eigenvalue weighted by atomic mass is 16.5. The summed E-state index contributed by atoms with van der Waals surface area (Å²) in [4.78, 5) is 13.4. The molecule has 0 amide bonds. The van der Waals surface area contributed by atoms with Crippen LogP contribution in [0.3, 0.4) is 0 Å². The zero-order valence-corrected chi connectivity index (χ0v) is 13.9. The lowest BCUT2D eigenvalue weighted by Gasteiger charge is -2.37. The van der Waals surface area contributed by atoms with Gasteiger partial charge in [-0.3, -0.25) is 19.8 Å². The van der Waals surface area contributed by atoms with Gasteiger partial charge in [-0.05, 0) is 35.7 Å². The minimum atomic E-state index is 0.344. The summed E-state index contributed by atoms with van der Waals surface area (Å²) in [7, 11) is 0. The van der Waals surface area contributed by atoms with E-state index in [-0.39, 0.29) is 0 Å². The van der Waals surface area contributed by atoms with E-state index in [0.717, 1.165) is 44.7 Å². The van der Waals surface area contributed by atoms with Crippen molar-refractivity contribution in [2.75, 3.05) is 26.2 Å². The predicted molar refractivity (Wildman–Crippen MR) is 92.3 cm³/mol. The summed E-state index contributed by atoms with van der Waals surface area (Å²) in [6, 6.07) is 8.89. The highest BCUT2D eigenvalue weighted by Crippen LogP contribution is 2.25. The van der Waals surface area contributed by atoms with E-state index < -0.39 is 0 Å². The molecule has 0 saturated carbocycles. The summed E-state index contributed by atoms with van der Waals surface area (Å²) in [6.45, 7) is 6.16. The van der Waals surface area contributed by atoms with Crippen molar-refractivity contribution in [3.05, 3.63) is 60.2 Å². The molecule has 2 aromatic heterocycles. The van der Waals surface area contributed by atoms with Crippen LogP contribution >= 0.6 is 0 Å². The lowest BCUT2D eigenvalue weighted by atomic mass is 10.1. The van der Waals surface area contributed by atoms with Crippen LogP contribution in [0.4, 0.5) is 0 Å². The summed E-state index contributed by atoms with van der Waals surface area (Å²) in [6.07, 6.45) is 8.92. The first-order valence-electron chi connectivity index (χ1n) is 8.72. The molecule has 0 unspecified atom stereocenters. The number of nitrogens with zero attached hydrogens (tertiary/aromatic N) is 4. The molecule has 2 saturated heterocycles. The molecule has 24 heavy (non-hydrogen) atoms. The topological polar surface area (TPSA) is 41.5 Å². The summed E-state index contributed by atoms with van der Waals surface area (Å²) >= 11 is 0. The largest absolute Gasteiger partial charge is 0.372 e. The number of pyridine rings is 2. The Morgan fingerprint density at radius 3 is 2.75 bits per heavy atom. The number of rotatable bonds is 5. The Balaban J connectivity index is 1.28. The lowest BCUT2D eigenvalue weighted by molar-refractivity contribution is 0.0457. The van der Waals surface area contributed by atoms with Crippen LogP contribution in [0.25, 0.3) is 0 Å². The Bertz CT molecular complexity index is 636. The zero-order valence-electron chi connectivity index (χ0n) is 13.9. The lowest BCUT2D eigenvalue weighted by Crippen LogP contribution is -2.49. The van der Waals surface area contributed by atoms with E-state index >= 15 is 0 Å². The average Bonchev–Trinajstić information content (AvgIpc) is 3.04. The molecule has 0 bridgehead atoms. The van der Waals surface area contributed by atoms with E-state index in [4.69, 9.17) is 4.74 Å². The van der Waals surface area contributed by atoms with Crippen LogP contribution in [0.2, 0.25) is 0 Å². The third-order valence-corrected chi connectivity index (χ3v) is 5.03. The van der Waals surface area contributed by atoms with Crippen LogP contribution in [0.1, 0.15) is 17.5 Å². The number of ether oxygens (including phenoxy) is 1. The van der Waals surface area contributed by atoms with Crippen LogP contribution in [-0.4, -0.2) is 58.1 Å². The number of hydrogen-bond donors (Lipinski definition) is 0. The first kappa shape index (κ1) is 15.7. The van der Waals surface area contributed by atoms with E-state index in [0.29, 0.717) is 18.8 Å². The van der Waals surface area contributed by atoms with Crippen molar-refractivity contribution in [2.24, 2.45) is 0 Å². The van der Waals surface area contributed by atoms with E-state index in [1.807, 2.05) is 24.7 Å². The fraction of sp³-hybridized carbons (Fsp3) is 0.474. The predicted octanol–water partition coefficient (Wildman–Crippen LogP) is 1.95. The van der Waals surface area contributed by atoms with Gasteiger partial charge in [-0.2, -0.15) is 0 Å². The Morgan fingerprint density at radius 1 is 1.00 bits per heavy atom. The van der Waals surface area contributed by atoms with Crippen molar-refractivity contribution < 1.29 is 4.74 Å². The molecule has 2 fully saturated rings. The van der Waals surface area contributed by atoms with Gasteiger partial charge in [0.25, 0.3) is 0 Å². The molecule has 2 aliphatic rings. The number of fused-ring (bicyclic) bond motifs is 1. The normalized spacial score (nSPS) is 24.8. The highest BCUT2D eigenvalue weighted by Gasteiger charge is 2.36. The molecule has 0 N–H and O–H groups in total. The third-order valence-electron chi connectivity index (χ3n) is 5.03. The fourth-order valence-electron chi connectivity index (χ4n) is 3.77. The van der Waals surface area contributed by atoms with Crippen molar-refractivity contribution in [1.82, 2.24) is 19.8 Å². The minimum absolute atomic E-state index is 0.344. The maximum absolute atomic E-state index is 6.13. The monoisotopic (exact) mass is 324 g/mol. The molecule has 5 nitrogen and oxygen atoms in total. The smallest absolute Gasteiger partial charge is 0.0736 e. The highest BCUT2D eigenvalue weighted by molar-refractivity contribution is 5.10. The van der Waals surface area contributed by atoms with Crippen molar-refractivity contribution in [2.45, 2.75) is 31.7 Å². The van der Waals surface area contributed by atoms with E-state index in [1.165, 1.54) is 5.56 Å². The molecule has 0 spiro atoms. The van der Waals surface area contributed by atoms with Gasteiger partial charge in [-0.25, -0.2) is 0 Å². The van der Waals surface area contributed by atoms with Crippen LogP contribution in [-0.2, 0) is 17.9 Å². The fourth-order valence-corrected chi connectivity index (χ4v) is 3.77. The summed E-state index contributed by atoms with van der Waals surface area (Å²) in [5.74, 6) is 0. The molecule has 4 heterocycles. The number of piperazine rings is 1. The SMILES string of the molecule is c1cncc(CO[C@H]2C[C@H]3CN(Cc4ccncc4)CCN3C2)c1. The van der Waals surface area contributed by atoms with Crippen LogP contribution in [0.5, 0.6) is 0 Å². The van der Waals surface area contributed by atoms with Crippen LogP contribution in [0, 0.1) is 0 Å². The van der Waals surface area contributed by atoms with Gasteiger partial charge in [0.1, 0.15) is 0 Å². The van der Waals surface area contributed by atoms with Gasteiger partial charge in [0, 0.05) is 63.6 Å². The zero-order chi connectivity index (χ0) is 16.2. The molecule has 4 rings (SSSR count). The maximum Gasteiger partial charge on any atom is 0.0736 e. The van der Waals surface area contributed by atoms with Gasteiger partial charge >= 0.3 is 0 Å². The van der Waals surface area contributed by atoms with Crippen LogP contribution < -0.4 is 0 Å². The molecule has 2 atom stereocenters. The molecule has 126 valence electrons. The molecule has 5 heteroatoms. The van der Waals surface area contributed by atoms with Gasteiger partial charge < -0.3 is 4.74 Å². The average molecular weight is 324 g/mol. The molecule has 2 aromatic rings. The second kappa shape index (κ2) is 7.38. The van der Waals surface area contributed by atoms with Crippen molar-refractivity contribution in [3.8, 4) is 0 Å². The standard InChI is InChI=1S/C19H24N4O/c1-2-17(11-21-5-1)15-24-19-10-18-13-22(8-9-23(18)14-19)12-16-3-6-20-7-4-16/h1-7,11,18-19H,8-10,12-15H2/t18-,19-/m0/s1. The second-order valence-electron chi connectivity index (χ2n) is 6.77. The quantitative estimate of drug-likeness (QED) is 0.841. The molecule has 0 radical (unpaired) electrons. The van der Waals surface area contributed by atoms with Gasteiger partial charge in [0.2, 0.25) is 0 Å². The summed E-state index contributed by atoms with van der Waals surface area (Å²) < 4.78 is 6.13. The molecular formula is C19H24N4O. The van der Waals surface area contributed by atoms with Gasteiger partial charge in [0.05, 0.1) is 12.7 Å². The molecular weight excluding hydrogens is 300 g/mol. The van der Waals surface area contributed by atoms with E-state index in [1.54, 1.807) is 6.20 Å². The van der Waals surface area contributed by atoms with Gasteiger partial charge in [0.15, 0.2) is 0 Å². The van der Waals surface area contributed by atoms with Crippen molar-refractivity contribution in [3.63, 3.8) is 0 Å². The number of hydrogen-bond acceptors (Lipinski definition) is 5. The molecule has 0 aliphatic carbocycles. The maximum atomic E-state index is 6.13. The van der Waals surface area contributed by atoms with Crippen LogP contribution in [0.15, 0.2) is 49.1 Å². The first-order chi connectivity index (χ1) is 11.9. The third kappa shape index (κ3) is 3.80. The Hall–Kier alpha value is -1.82. The first-order valence-corrected chi connectivity index (χ1v) is 8.72. The van der Waals surface area contributed by atoms with E-state index in [9.17, 15) is 0 Å². The molecule has 0 aromatic carbocycles. The molecule has 2 aliphatic heterocycles.